The summed E-state index contributed by atoms with van der Waals surface area (Å²) in [4.78, 5) is 0. The number of nitrogens with two attached hydrogens (primary N) is 1. The second kappa shape index (κ2) is 5.54. The largest absolute Gasteiger partial charge is 0.487 e. The van der Waals surface area contributed by atoms with E-state index in [1.165, 1.54) is 18.4 Å². The molecule has 1 aliphatic carbocycles. The van der Waals surface area contributed by atoms with E-state index in [0.717, 1.165) is 31.4 Å². The molecule has 0 bridgehead atoms. The van der Waals surface area contributed by atoms with Crippen molar-refractivity contribution >= 4 is 0 Å². The van der Waals surface area contributed by atoms with Gasteiger partial charge in [0.1, 0.15) is 11.4 Å². The Kier molecular flexibility index (Phi) is 4.06. The van der Waals surface area contributed by atoms with Crippen molar-refractivity contribution in [2.24, 2.45) is 5.73 Å². The Balaban J connectivity index is 1.98. The lowest BCUT2D eigenvalue weighted by Crippen LogP contribution is -2.44. The number of benzene rings is 1. The molecule has 1 fully saturated rings. The predicted molar refractivity (Wildman–Crippen MR) is 71.3 cm³/mol. The maximum Gasteiger partial charge on any atom is 0.120 e. The van der Waals surface area contributed by atoms with Crippen molar-refractivity contribution in [3.8, 4) is 5.75 Å². The summed E-state index contributed by atoms with van der Waals surface area (Å²) < 4.78 is 6.13. The van der Waals surface area contributed by atoms with Gasteiger partial charge in [0.25, 0.3) is 0 Å². The van der Waals surface area contributed by atoms with Gasteiger partial charge in [0, 0.05) is 0 Å². The third-order valence-electron chi connectivity index (χ3n) is 3.66. The average Bonchev–Trinajstić information content (AvgIpc) is 2.29. The zero-order chi connectivity index (χ0) is 12.1. The average molecular weight is 233 g/mol. The first kappa shape index (κ1) is 12.4. The third-order valence-corrected chi connectivity index (χ3v) is 3.66. The van der Waals surface area contributed by atoms with E-state index in [1.54, 1.807) is 0 Å². The maximum absolute atomic E-state index is 6.13. The van der Waals surface area contributed by atoms with E-state index >= 15 is 0 Å². The van der Waals surface area contributed by atoms with Crippen LogP contribution < -0.4 is 10.5 Å². The lowest BCUT2D eigenvalue weighted by molar-refractivity contribution is -0.0125. The summed E-state index contributed by atoms with van der Waals surface area (Å²) in [7, 11) is 0. The van der Waals surface area contributed by atoms with E-state index in [0.29, 0.717) is 6.54 Å². The Hall–Kier alpha value is -1.02. The molecule has 1 aliphatic rings. The minimum Gasteiger partial charge on any atom is -0.487 e. The molecule has 0 atom stereocenters. The molecule has 1 aromatic rings. The zero-order valence-electron chi connectivity index (χ0n) is 10.7. The van der Waals surface area contributed by atoms with Gasteiger partial charge in [0.2, 0.25) is 0 Å². The Morgan fingerprint density at radius 1 is 1.24 bits per heavy atom. The van der Waals surface area contributed by atoms with Crippen molar-refractivity contribution in [2.75, 3.05) is 6.54 Å². The van der Waals surface area contributed by atoms with Crippen molar-refractivity contribution in [1.82, 2.24) is 0 Å². The van der Waals surface area contributed by atoms with Gasteiger partial charge < -0.3 is 10.5 Å². The molecule has 2 rings (SSSR count). The first-order valence-corrected chi connectivity index (χ1v) is 6.76. The minimum atomic E-state index is 0.0427. The summed E-state index contributed by atoms with van der Waals surface area (Å²) in [6, 6.07) is 8.55. The van der Waals surface area contributed by atoms with Gasteiger partial charge in [0.15, 0.2) is 0 Å². The van der Waals surface area contributed by atoms with Gasteiger partial charge in [-0.15, -0.1) is 0 Å². The highest BCUT2D eigenvalue weighted by atomic mass is 16.5. The number of rotatable bonds is 6. The van der Waals surface area contributed by atoms with Crippen molar-refractivity contribution in [3.63, 3.8) is 0 Å². The molecule has 1 saturated carbocycles. The second-order valence-corrected chi connectivity index (χ2v) is 5.07. The van der Waals surface area contributed by atoms with Crippen LogP contribution in [0.25, 0.3) is 0 Å². The van der Waals surface area contributed by atoms with Crippen LogP contribution in [0, 0.1) is 0 Å². The van der Waals surface area contributed by atoms with Crippen molar-refractivity contribution < 1.29 is 4.74 Å². The molecule has 0 heterocycles. The monoisotopic (exact) mass is 233 g/mol. The molecule has 0 aromatic heterocycles. The van der Waals surface area contributed by atoms with Gasteiger partial charge in [0.05, 0.1) is 0 Å². The van der Waals surface area contributed by atoms with E-state index in [1.807, 2.05) is 0 Å². The number of hydrogen-bond acceptors (Lipinski definition) is 2. The summed E-state index contributed by atoms with van der Waals surface area (Å²) in [5, 5.41) is 0. The number of hydrogen-bond donors (Lipinski definition) is 1. The quantitative estimate of drug-likeness (QED) is 0.818. The molecule has 0 spiro atoms. The van der Waals surface area contributed by atoms with Crippen LogP contribution >= 0.6 is 0 Å². The summed E-state index contributed by atoms with van der Waals surface area (Å²) in [6.45, 7) is 2.92. The van der Waals surface area contributed by atoms with Crippen LogP contribution in [0.15, 0.2) is 24.3 Å². The molecule has 2 nitrogen and oxygen atoms in total. The highest BCUT2D eigenvalue weighted by Gasteiger charge is 2.38. The van der Waals surface area contributed by atoms with Crippen LogP contribution in [0.2, 0.25) is 0 Å². The zero-order valence-corrected chi connectivity index (χ0v) is 10.7. The molecular formula is C15H23NO. The van der Waals surface area contributed by atoms with Gasteiger partial charge in [-0.1, -0.05) is 25.5 Å². The fourth-order valence-corrected chi connectivity index (χ4v) is 2.50. The molecule has 0 saturated heterocycles. The highest BCUT2D eigenvalue weighted by molar-refractivity contribution is 5.28. The van der Waals surface area contributed by atoms with Crippen molar-refractivity contribution in [1.29, 1.82) is 0 Å². The van der Waals surface area contributed by atoms with Gasteiger partial charge in [-0.05, 0) is 56.3 Å². The fourth-order valence-electron chi connectivity index (χ4n) is 2.50. The topological polar surface area (TPSA) is 35.2 Å². The molecule has 17 heavy (non-hydrogen) atoms. The normalized spacial score (nSPS) is 17.5. The Labute approximate surface area is 104 Å². The smallest absolute Gasteiger partial charge is 0.120 e. The van der Waals surface area contributed by atoms with Crippen LogP contribution in [0.3, 0.4) is 0 Å². The molecule has 2 N–H and O–H groups in total. The van der Waals surface area contributed by atoms with Gasteiger partial charge in [-0.2, -0.15) is 0 Å². The SMILES string of the molecule is CCCc1ccc(OC2(CCN)CCC2)cc1. The molecule has 0 amide bonds. The van der Waals surface area contributed by atoms with Crippen LogP contribution in [0.4, 0.5) is 0 Å². The van der Waals surface area contributed by atoms with Crippen LogP contribution in [0.1, 0.15) is 44.6 Å². The summed E-state index contributed by atoms with van der Waals surface area (Å²) in [5.74, 6) is 0.998. The van der Waals surface area contributed by atoms with E-state index < -0.39 is 0 Å². The predicted octanol–water partition coefficient (Wildman–Crippen LogP) is 3.29. The van der Waals surface area contributed by atoms with E-state index in [9.17, 15) is 0 Å². The van der Waals surface area contributed by atoms with Gasteiger partial charge in [-0.3, -0.25) is 0 Å². The maximum atomic E-state index is 6.13. The number of ether oxygens (including phenoxy) is 1. The first-order chi connectivity index (χ1) is 8.28. The molecule has 0 unspecified atom stereocenters. The second-order valence-electron chi connectivity index (χ2n) is 5.07. The van der Waals surface area contributed by atoms with Crippen LogP contribution in [-0.4, -0.2) is 12.1 Å². The number of aryl methyl sites for hydroxylation is 1. The van der Waals surface area contributed by atoms with Gasteiger partial charge in [-0.25, -0.2) is 0 Å². The van der Waals surface area contributed by atoms with E-state index in [-0.39, 0.29) is 5.60 Å². The molecule has 2 heteroatoms. The van der Waals surface area contributed by atoms with Crippen LogP contribution in [-0.2, 0) is 6.42 Å². The standard InChI is InChI=1S/C15H23NO/c1-2-4-13-5-7-14(8-6-13)17-15(11-12-16)9-3-10-15/h5-8H,2-4,9-12,16H2,1H3. The van der Waals surface area contributed by atoms with Crippen molar-refractivity contribution in [2.45, 2.75) is 51.0 Å². The van der Waals surface area contributed by atoms with Crippen molar-refractivity contribution in [3.05, 3.63) is 29.8 Å². The molecular weight excluding hydrogens is 210 g/mol. The summed E-state index contributed by atoms with van der Waals surface area (Å²) >= 11 is 0. The first-order valence-electron chi connectivity index (χ1n) is 6.76. The summed E-state index contributed by atoms with van der Waals surface area (Å²) in [5.41, 5.74) is 7.09. The summed E-state index contributed by atoms with van der Waals surface area (Å²) in [6.07, 6.45) is 6.89. The van der Waals surface area contributed by atoms with E-state index in [4.69, 9.17) is 10.5 Å². The minimum absolute atomic E-state index is 0.0427. The van der Waals surface area contributed by atoms with E-state index in [2.05, 4.69) is 31.2 Å². The fraction of sp³-hybridized carbons (Fsp3) is 0.600. The Bertz CT molecular complexity index is 340. The molecule has 0 aliphatic heterocycles. The highest BCUT2D eigenvalue weighted by Crippen LogP contribution is 2.39. The molecule has 94 valence electrons. The van der Waals surface area contributed by atoms with Crippen LogP contribution in [0.5, 0.6) is 5.75 Å². The van der Waals surface area contributed by atoms with Gasteiger partial charge >= 0.3 is 0 Å². The third kappa shape index (κ3) is 3.01. The Morgan fingerprint density at radius 2 is 1.94 bits per heavy atom. The lowest BCUT2D eigenvalue weighted by atomic mass is 9.77. The molecule has 0 radical (unpaired) electrons. The Morgan fingerprint density at radius 3 is 2.41 bits per heavy atom. The lowest BCUT2D eigenvalue weighted by Gasteiger charge is -2.41. The molecule has 1 aromatic carbocycles.